The highest BCUT2D eigenvalue weighted by molar-refractivity contribution is 8.13. The minimum absolute atomic E-state index is 0.155. The molecule has 4 nitrogen and oxygen atoms in total. The molecule has 90 valence electrons. The molecule has 1 fully saturated rings. The third kappa shape index (κ3) is 2.61. The molecule has 0 radical (unpaired) electrons. The summed E-state index contributed by atoms with van der Waals surface area (Å²) in [5.74, 6) is -0.601. The molecule has 0 saturated carbocycles. The van der Waals surface area contributed by atoms with Crippen LogP contribution in [0.3, 0.4) is 0 Å². The summed E-state index contributed by atoms with van der Waals surface area (Å²) in [5.41, 5.74) is 2.10. The molecule has 0 aromatic heterocycles. The van der Waals surface area contributed by atoms with Crippen molar-refractivity contribution < 1.29 is 14.7 Å². The van der Waals surface area contributed by atoms with Crippen molar-refractivity contribution in [2.75, 3.05) is 5.75 Å². The quantitative estimate of drug-likeness (QED) is 0.894. The third-order valence-corrected chi connectivity index (χ3v) is 3.70. The summed E-state index contributed by atoms with van der Waals surface area (Å²) in [4.78, 5) is 24.0. The van der Waals surface area contributed by atoms with Gasteiger partial charge in [0.2, 0.25) is 0 Å². The van der Waals surface area contributed by atoms with Crippen molar-refractivity contribution in [2.45, 2.75) is 19.5 Å². The molecule has 2 rings (SSSR count). The standard InChI is InChI=1S/C12H13NO3S/c1-8-2-4-9(5-3-8)6-13-10(11(14)15)7-17-12(13)16/h2-5,10H,6-7H2,1H3,(H,14,15)/t10-/m0/s1. The van der Waals surface area contributed by atoms with Gasteiger partial charge in [-0.2, -0.15) is 0 Å². The molecule has 0 aliphatic carbocycles. The molecule has 1 aliphatic rings. The first-order valence-electron chi connectivity index (χ1n) is 5.29. The van der Waals surface area contributed by atoms with Gasteiger partial charge in [0.1, 0.15) is 6.04 Å². The molecule has 1 aromatic rings. The maximum atomic E-state index is 11.6. The van der Waals surface area contributed by atoms with Crippen LogP contribution in [0, 0.1) is 6.92 Å². The fraction of sp³-hybridized carbons (Fsp3) is 0.333. The molecule has 1 atom stereocenters. The lowest BCUT2D eigenvalue weighted by atomic mass is 10.1. The number of nitrogens with zero attached hydrogens (tertiary/aromatic N) is 1. The fourth-order valence-electron chi connectivity index (χ4n) is 1.72. The molecule has 1 saturated heterocycles. The first-order valence-corrected chi connectivity index (χ1v) is 6.28. The van der Waals surface area contributed by atoms with Gasteiger partial charge < -0.3 is 10.0 Å². The Morgan fingerprint density at radius 2 is 2.12 bits per heavy atom. The third-order valence-electron chi connectivity index (χ3n) is 2.73. The van der Waals surface area contributed by atoms with Gasteiger partial charge in [0.05, 0.1) is 0 Å². The average Bonchev–Trinajstić information content (AvgIpc) is 2.64. The molecule has 0 spiro atoms. The Hall–Kier alpha value is -1.49. The van der Waals surface area contributed by atoms with Gasteiger partial charge in [-0.25, -0.2) is 4.79 Å². The Balaban J connectivity index is 2.13. The Morgan fingerprint density at radius 3 is 2.71 bits per heavy atom. The van der Waals surface area contributed by atoms with E-state index in [1.54, 1.807) is 0 Å². The second kappa shape index (κ2) is 4.79. The number of hydrogen-bond acceptors (Lipinski definition) is 3. The van der Waals surface area contributed by atoms with E-state index < -0.39 is 12.0 Å². The smallest absolute Gasteiger partial charge is 0.327 e. The van der Waals surface area contributed by atoms with Crippen LogP contribution in [0.5, 0.6) is 0 Å². The highest BCUT2D eigenvalue weighted by atomic mass is 32.2. The van der Waals surface area contributed by atoms with Crippen LogP contribution in [0.15, 0.2) is 24.3 Å². The lowest BCUT2D eigenvalue weighted by molar-refractivity contribution is -0.141. The van der Waals surface area contributed by atoms with Gasteiger partial charge in [0, 0.05) is 12.3 Å². The molecule has 17 heavy (non-hydrogen) atoms. The predicted molar refractivity (Wildman–Crippen MR) is 66.0 cm³/mol. The summed E-state index contributed by atoms with van der Waals surface area (Å²) in [6, 6.07) is 7.06. The molecule has 1 N–H and O–H groups in total. The van der Waals surface area contributed by atoms with E-state index in [0.29, 0.717) is 12.3 Å². The molecule has 1 amide bonds. The molecule has 1 aromatic carbocycles. The van der Waals surface area contributed by atoms with Crippen LogP contribution in [0.25, 0.3) is 0 Å². The summed E-state index contributed by atoms with van der Waals surface area (Å²) in [7, 11) is 0. The second-order valence-electron chi connectivity index (χ2n) is 4.04. The molecule has 1 aliphatic heterocycles. The summed E-state index contributed by atoms with van der Waals surface area (Å²) >= 11 is 1.07. The number of amides is 1. The Bertz CT molecular complexity index is 444. The van der Waals surface area contributed by atoms with Gasteiger partial charge in [-0.1, -0.05) is 41.6 Å². The van der Waals surface area contributed by atoms with E-state index in [1.807, 2.05) is 31.2 Å². The van der Waals surface area contributed by atoms with Crippen molar-refractivity contribution in [2.24, 2.45) is 0 Å². The van der Waals surface area contributed by atoms with Crippen LogP contribution in [-0.2, 0) is 11.3 Å². The second-order valence-corrected chi connectivity index (χ2v) is 5.02. The van der Waals surface area contributed by atoms with Crippen LogP contribution in [-0.4, -0.2) is 33.0 Å². The number of carbonyl (C=O) groups is 2. The highest BCUT2D eigenvalue weighted by Gasteiger charge is 2.36. The number of benzene rings is 1. The number of carbonyl (C=O) groups excluding carboxylic acids is 1. The summed E-state index contributed by atoms with van der Waals surface area (Å²) in [5, 5.41) is 8.86. The molecule has 5 heteroatoms. The van der Waals surface area contributed by atoms with E-state index in [4.69, 9.17) is 5.11 Å². The lowest BCUT2D eigenvalue weighted by Crippen LogP contribution is -2.38. The van der Waals surface area contributed by atoms with Gasteiger partial charge >= 0.3 is 5.97 Å². The normalized spacial score (nSPS) is 19.7. The number of hydrogen-bond donors (Lipinski definition) is 1. The zero-order valence-corrected chi connectivity index (χ0v) is 10.2. The van der Waals surface area contributed by atoms with Gasteiger partial charge in [0.25, 0.3) is 5.24 Å². The van der Waals surface area contributed by atoms with Crippen molar-refractivity contribution in [1.29, 1.82) is 0 Å². The van der Waals surface area contributed by atoms with Crippen LogP contribution < -0.4 is 0 Å². The SMILES string of the molecule is Cc1ccc(CN2C(=O)SC[C@H]2C(=O)O)cc1. The number of thioether (sulfide) groups is 1. The van der Waals surface area contributed by atoms with E-state index in [9.17, 15) is 9.59 Å². The Labute approximate surface area is 104 Å². The first-order chi connectivity index (χ1) is 8.08. The number of carboxylic acids is 1. The zero-order valence-electron chi connectivity index (χ0n) is 9.42. The van der Waals surface area contributed by atoms with Gasteiger partial charge in [0.15, 0.2) is 0 Å². The van der Waals surface area contributed by atoms with Crippen molar-refractivity contribution in [3.8, 4) is 0 Å². The topological polar surface area (TPSA) is 57.6 Å². The molecule has 0 bridgehead atoms. The molecular formula is C12H13NO3S. The van der Waals surface area contributed by atoms with E-state index in [1.165, 1.54) is 4.90 Å². The highest BCUT2D eigenvalue weighted by Crippen LogP contribution is 2.26. The minimum atomic E-state index is -0.935. The van der Waals surface area contributed by atoms with Crippen LogP contribution in [0.2, 0.25) is 0 Å². The van der Waals surface area contributed by atoms with E-state index in [-0.39, 0.29) is 5.24 Å². The Morgan fingerprint density at radius 1 is 1.47 bits per heavy atom. The van der Waals surface area contributed by atoms with Crippen molar-refractivity contribution in [3.63, 3.8) is 0 Å². The van der Waals surface area contributed by atoms with E-state index in [2.05, 4.69) is 0 Å². The van der Waals surface area contributed by atoms with Crippen LogP contribution in [0.4, 0.5) is 4.79 Å². The molecule has 1 heterocycles. The van der Waals surface area contributed by atoms with E-state index >= 15 is 0 Å². The fourth-order valence-corrected chi connectivity index (χ4v) is 2.70. The monoisotopic (exact) mass is 251 g/mol. The lowest BCUT2D eigenvalue weighted by Gasteiger charge is -2.20. The molecule has 0 unspecified atom stereocenters. The van der Waals surface area contributed by atoms with Crippen LogP contribution >= 0.6 is 11.8 Å². The Kier molecular flexibility index (Phi) is 3.38. The maximum absolute atomic E-state index is 11.6. The molecular weight excluding hydrogens is 238 g/mol. The van der Waals surface area contributed by atoms with Gasteiger partial charge in [-0.3, -0.25) is 4.79 Å². The minimum Gasteiger partial charge on any atom is -0.480 e. The van der Waals surface area contributed by atoms with Crippen LogP contribution in [0.1, 0.15) is 11.1 Å². The van der Waals surface area contributed by atoms with Crippen molar-refractivity contribution >= 4 is 23.0 Å². The predicted octanol–water partition coefficient (Wildman–Crippen LogP) is 2.12. The van der Waals surface area contributed by atoms with Crippen molar-refractivity contribution in [1.82, 2.24) is 4.90 Å². The summed E-state index contributed by atoms with van der Waals surface area (Å²) in [6.45, 7) is 2.35. The average molecular weight is 251 g/mol. The van der Waals surface area contributed by atoms with Gasteiger partial charge in [-0.15, -0.1) is 0 Å². The first kappa shape index (κ1) is 12.0. The zero-order chi connectivity index (χ0) is 12.4. The van der Waals surface area contributed by atoms with E-state index in [0.717, 1.165) is 22.9 Å². The largest absolute Gasteiger partial charge is 0.480 e. The number of rotatable bonds is 3. The summed E-state index contributed by atoms with van der Waals surface area (Å²) in [6.07, 6.45) is 0. The van der Waals surface area contributed by atoms with Crippen molar-refractivity contribution in [3.05, 3.63) is 35.4 Å². The number of aliphatic carboxylic acids is 1. The number of aryl methyl sites for hydroxylation is 1. The summed E-state index contributed by atoms with van der Waals surface area (Å²) < 4.78 is 0. The van der Waals surface area contributed by atoms with Gasteiger partial charge in [-0.05, 0) is 12.5 Å². The number of carboxylic acid groups (broad SMARTS) is 1. The maximum Gasteiger partial charge on any atom is 0.327 e.